The lowest BCUT2D eigenvalue weighted by Gasteiger charge is -2.23. The van der Waals surface area contributed by atoms with Gasteiger partial charge in [-0.3, -0.25) is 0 Å². The van der Waals surface area contributed by atoms with Crippen LogP contribution in [0.25, 0.3) is 0 Å². The summed E-state index contributed by atoms with van der Waals surface area (Å²) in [6.07, 6.45) is 5.94. The van der Waals surface area contributed by atoms with Gasteiger partial charge in [-0.1, -0.05) is 12.8 Å². The molecule has 0 bridgehead atoms. The zero-order valence-corrected chi connectivity index (χ0v) is 9.30. The van der Waals surface area contributed by atoms with Crippen molar-refractivity contribution < 1.29 is 4.79 Å². The van der Waals surface area contributed by atoms with Gasteiger partial charge in [0.25, 0.3) is 0 Å². The third kappa shape index (κ3) is 3.09. The smallest absolute Gasteiger partial charge is 0.317 e. The van der Waals surface area contributed by atoms with Crippen molar-refractivity contribution in [2.24, 2.45) is 0 Å². The Morgan fingerprint density at radius 1 is 1.20 bits per heavy atom. The lowest BCUT2D eigenvalue weighted by atomic mass is 10.2. The van der Waals surface area contributed by atoms with Gasteiger partial charge in [0.1, 0.15) is 0 Å². The second kappa shape index (κ2) is 5.35. The number of hydrogen-bond donors (Lipinski definition) is 2. The number of urea groups is 1. The molecule has 0 saturated carbocycles. The van der Waals surface area contributed by atoms with Crippen LogP contribution in [0.2, 0.25) is 0 Å². The molecule has 4 nitrogen and oxygen atoms in total. The van der Waals surface area contributed by atoms with Crippen molar-refractivity contribution in [3.05, 3.63) is 0 Å². The van der Waals surface area contributed by atoms with E-state index in [0.717, 1.165) is 45.4 Å². The number of likely N-dealkylation sites (tertiary alicyclic amines) is 1. The van der Waals surface area contributed by atoms with Crippen LogP contribution in [-0.2, 0) is 0 Å². The highest BCUT2D eigenvalue weighted by molar-refractivity contribution is 5.74. The fraction of sp³-hybridized carbons (Fsp3) is 0.909. The molecule has 2 aliphatic heterocycles. The van der Waals surface area contributed by atoms with Gasteiger partial charge in [-0.15, -0.1) is 0 Å². The Kier molecular flexibility index (Phi) is 3.83. The van der Waals surface area contributed by atoms with Gasteiger partial charge in [-0.05, 0) is 25.8 Å². The molecule has 0 aromatic rings. The number of carbonyl (C=O) groups excluding carboxylic acids is 1. The first kappa shape index (κ1) is 10.7. The maximum Gasteiger partial charge on any atom is 0.317 e. The predicted octanol–water partition coefficient (Wildman–Crippen LogP) is 0.934. The molecule has 0 aromatic carbocycles. The number of amides is 2. The van der Waals surface area contributed by atoms with Crippen LogP contribution in [0, 0.1) is 0 Å². The van der Waals surface area contributed by atoms with Gasteiger partial charge in [0, 0.05) is 25.7 Å². The van der Waals surface area contributed by atoms with Crippen molar-refractivity contribution in [3.63, 3.8) is 0 Å². The molecule has 2 rings (SSSR count). The summed E-state index contributed by atoms with van der Waals surface area (Å²) < 4.78 is 0. The minimum atomic E-state index is 0.144. The minimum absolute atomic E-state index is 0.144. The zero-order valence-electron chi connectivity index (χ0n) is 9.30. The molecule has 4 heteroatoms. The molecule has 2 fully saturated rings. The van der Waals surface area contributed by atoms with E-state index in [-0.39, 0.29) is 6.03 Å². The Morgan fingerprint density at radius 2 is 1.93 bits per heavy atom. The van der Waals surface area contributed by atoms with E-state index in [2.05, 4.69) is 10.6 Å². The van der Waals surface area contributed by atoms with E-state index in [1.807, 2.05) is 4.90 Å². The molecule has 2 amide bonds. The summed E-state index contributed by atoms with van der Waals surface area (Å²) in [5.74, 6) is 0. The molecule has 1 atom stereocenters. The summed E-state index contributed by atoms with van der Waals surface area (Å²) in [4.78, 5) is 13.9. The quantitative estimate of drug-likeness (QED) is 0.678. The van der Waals surface area contributed by atoms with Crippen molar-refractivity contribution in [1.82, 2.24) is 15.5 Å². The van der Waals surface area contributed by atoms with Gasteiger partial charge in [-0.2, -0.15) is 0 Å². The topological polar surface area (TPSA) is 44.4 Å². The van der Waals surface area contributed by atoms with Crippen molar-refractivity contribution in [3.8, 4) is 0 Å². The van der Waals surface area contributed by atoms with Crippen LogP contribution in [0.4, 0.5) is 4.79 Å². The Bertz CT molecular complexity index is 206. The molecule has 0 unspecified atom stereocenters. The van der Waals surface area contributed by atoms with Crippen molar-refractivity contribution in [2.45, 2.75) is 38.1 Å². The standard InChI is InChI=1S/C11H21N3O/c15-11(13-10-5-6-12-9-10)14-7-3-1-2-4-8-14/h10,12H,1-9H2,(H,13,15)/t10-/m1/s1. The van der Waals surface area contributed by atoms with E-state index >= 15 is 0 Å². The molecule has 0 aromatic heterocycles. The average Bonchev–Trinajstić information content (AvgIpc) is 2.58. The third-order valence-electron chi connectivity index (χ3n) is 3.28. The molecule has 2 aliphatic rings. The van der Waals surface area contributed by atoms with Gasteiger partial charge < -0.3 is 15.5 Å². The molecule has 15 heavy (non-hydrogen) atoms. The highest BCUT2D eigenvalue weighted by Gasteiger charge is 2.20. The fourth-order valence-electron chi connectivity index (χ4n) is 2.32. The molecular formula is C11H21N3O. The summed E-state index contributed by atoms with van der Waals surface area (Å²) >= 11 is 0. The Hall–Kier alpha value is -0.770. The fourth-order valence-corrected chi connectivity index (χ4v) is 2.32. The molecular weight excluding hydrogens is 190 g/mol. The Labute approximate surface area is 91.4 Å². The van der Waals surface area contributed by atoms with E-state index in [1.165, 1.54) is 12.8 Å². The number of nitrogens with one attached hydrogen (secondary N) is 2. The Balaban J connectivity index is 1.77. The molecule has 2 heterocycles. The second-order valence-corrected chi connectivity index (χ2v) is 4.54. The predicted molar refractivity (Wildman–Crippen MR) is 59.8 cm³/mol. The number of hydrogen-bond acceptors (Lipinski definition) is 2. The van der Waals surface area contributed by atoms with Crippen LogP contribution in [0.5, 0.6) is 0 Å². The average molecular weight is 211 g/mol. The van der Waals surface area contributed by atoms with Gasteiger partial charge in [0.15, 0.2) is 0 Å². The van der Waals surface area contributed by atoms with Gasteiger partial charge in [-0.25, -0.2) is 4.79 Å². The first-order valence-corrected chi connectivity index (χ1v) is 6.12. The van der Waals surface area contributed by atoms with Crippen LogP contribution in [0.15, 0.2) is 0 Å². The van der Waals surface area contributed by atoms with E-state index in [9.17, 15) is 4.79 Å². The summed E-state index contributed by atoms with van der Waals surface area (Å²) in [5, 5.41) is 6.36. The monoisotopic (exact) mass is 211 g/mol. The maximum atomic E-state index is 11.9. The minimum Gasteiger partial charge on any atom is -0.334 e. The zero-order chi connectivity index (χ0) is 10.5. The van der Waals surface area contributed by atoms with E-state index in [1.54, 1.807) is 0 Å². The molecule has 2 N–H and O–H groups in total. The third-order valence-corrected chi connectivity index (χ3v) is 3.28. The first-order valence-electron chi connectivity index (χ1n) is 6.12. The van der Waals surface area contributed by atoms with Crippen LogP contribution in [0.1, 0.15) is 32.1 Å². The van der Waals surface area contributed by atoms with Crippen LogP contribution < -0.4 is 10.6 Å². The SMILES string of the molecule is O=C(N[C@@H]1CCNC1)N1CCCCCC1. The van der Waals surface area contributed by atoms with Gasteiger partial charge in [0.2, 0.25) is 0 Å². The van der Waals surface area contributed by atoms with Crippen LogP contribution in [-0.4, -0.2) is 43.2 Å². The van der Waals surface area contributed by atoms with E-state index in [4.69, 9.17) is 0 Å². The lowest BCUT2D eigenvalue weighted by molar-refractivity contribution is 0.196. The maximum absolute atomic E-state index is 11.9. The van der Waals surface area contributed by atoms with Crippen molar-refractivity contribution in [1.29, 1.82) is 0 Å². The Morgan fingerprint density at radius 3 is 2.53 bits per heavy atom. The molecule has 0 radical (unpaired) electrons. The van der Waals surface area contributed by atoms with E-state index < -0.39 is 0 Å². The summed E-state index contributed by atoms with van der Waals surface area (Å²) in [6.45, 7) is 3.84. The summed E-state index contributed by atoms with van der Waals surface area (Å²) in [7, 11) is 0. The number of rotatable bonds is 1. The van der Waals surface area contributed by atoms with Crippen LogP contribution in [0.3, 0.4) is 0 Å². The largest absolute Gasteiger partial charge is 0.334 e. The number of nitrogens with zero attached hydrogens (tertiary/aromatic N) is 1. The van der Waals surface area contributed by atoms with Crippen molar-refractivity contribution in [2.75, 3.05) is 26.2 Å². The lowest BCUT2D eigenvalue weighted by Crippen LogP contribution is -2.45. The second-order valence-electron chi connectivity index (χ2n) is 4.54. The summed E-state index contributed by atoms with van der Waals surface area (Å²) in [6, 6.07) is 0.492. The highest BCUT2D eigenvalue weighted by Crippen LogP contribution is 2.10. The normalized spacial score (nSPS) is 27.5. The number of carbonyl (C=O) groups is 1. The molecule has 86 valence electrons. The van der Waals surface area contributed by atoms with E-state index in [0.29, 0.717) is 6.04 Å². The molecule has 0 spiro atoms. The summed E-state index contributed by atoms with van der Waals surface area (Å²) in [5.41, 5.74) is 0. The van der Waals surface area contributed by atoms with Gasteiger partial charge in [0.05, 0.1) is 0 Å². The molecule has 0 aliphatic carbocycles. The van der Waals surface area contributed by atoms with Crippen molar-refractivity contribution >= 4 is 6.03 Å². The molecule has 2 saturated heterocycles. The highest BCUT2D eigenvalue weighted by atomic mass is 16.2. The first-order chi connectivity index (χ1) is 7.36. The van der Waals surface area contributed by atoms with Crippen LogP contribution >= 0.6 is 0 Å². The van der Waals surface area contributed by atoms with Gasteiger partial charge >= 0.3 is 6.03 Å².